The average molecular weight is 506 g/mol. The lowest BCUT2D eigenvalue weighted by Gasteiger charge is -2.38. The van der Waals surface area contributed by atoms with Crippen molar-refractivity contribution in [2.45, 2.75) is 17.9 Å². The molecule has 0 bridgehead atoms. The summed E-state index contributed by atoms with van der Waals surface area (Å²) >= 11 is 3.57. The van der Waals surface area contributed by atoms with E-state index in [2.05, 4.69) is 31.9 Å². The maximum absolute atomic E-state index is 12.5. The third-order valence-corrected chi connectivity index (χ3v) is 6.48. The number of pyridine rings is 2. The van der Waals surface area contributed by atoms with Crippen molar-refractivity contribution in [1.82, 2.24) is 14.9 Å². The van der Waals surface area contributed by atoms with E-state index in [0.717, 1.165) is 32.1 Å². The van der Waals surface area contributed by atoms with Gasteiger partial charge in [0, 0.05) is 45.8 Å². The first kappa shape index (κ1) is 23.4. The zero-order chi connectivity index (χ0) is 23.4. The molecule has 4 aromatic rings. The Hall–Kier alpha value is -2.80. The zero-order valence-corrected chi connectivity index (χ0v) is 20.7. The lowest BCUT2D eigenvalue weighted by molar-refractivity contribution is 0.00350. The Bertz CT molecular complexity index is 1220. The van der Waals surface area contributed by atoms with Crippen LogP contribution in [0.2, 0.25) is 0 Å². The predicted molar refractivity (Wildman–Crippen MR) is 136 cm³/mol. The Morgan fingerprint density at radius 2 is 1.85 bits per heavy atom. The smallest absolute Gasteiger partial charge is 0.217 e. The zero-order valence-electron chi connectivity index (χ0n) is 19.1. The molecular weight excluding hydrogens is 478 g/mol. The van der Waals surface area contributed by atoms with Crippen molar-refractivity contribution in [1.29, 1.82) is 0 Å². The Balaban J connectivity index is 2.00. The van der Waals surface area contributed by atoms with Gasteiger partial charge >= 0.3 is 0 Å². The summed E-state index contributed by atoms with van der Waals surface area (Å²) in [5.74, 6) is 0.0829. The third kappa shape index (κ3) is 4.93. The topological polar surface area (TPSA) is 58.5 Å². The number of hydrogen-bond acceptors (Lipinski definition) is 5. The summed E-state index contributed by atoms with van der Waals surface area (Å²) in [5.41, 5.74) is 2.17. The summed E-state index contributed by atoms with van der Waals surface area (Å²) in [5, 5.41) is 13.5. The van der Waals surface area contributed by atoms with Gasteiger partial charge in [0.1, 0.15) is 5.60 Å². The van der Waals surface area contributed by atoms with Crippen molar-refractivity contribution < 1.29 is 9.84 Å². The van der Waals surface area contributed by atoms with E-state index in [-0.39, 0.29) is 0 Å². The van der Waals surface area contributed by atoms with Crippen LogP contribution in [-0.4, -0.2) is 47.7 Å². The van der Waals surface area contributed by atoms with E-state index in [9.17, 15) is 5.11 Å². The van der Waals surface area contributed by atoms with Gasteiger partial charge in [0.2, 0.25) is 5.88 Å². The molecule has 0 saturated carbocycles. The number of nitrogens with zero attached hydrogens (tertiary/aromatic N) is 3. The molecule has 2 unspecified atom stereocenters. The number of halogens is 1. The van der Waals surface area contributed by atoms with Crippen LogP contribution in [0.4, 0.5) is 0 Å². The van der Waals surface area contributed by atoms with Gasteiger partial charge in [-0.05, 0) is 56.4 Å². The van der Waals surface area contributed by atoms with Crippen LogP contribution < -0.4 is 4.74 Å². The minimum absolute atomic E-state index is 0.423. The monoisotopic (exact) mass is 505 g/mol. The van der Waals surface area contributed by atoms with Gasteiger partial charge < -0.3 is 14.7 Å². The first-order valence-electron chi connectivity index (χ1n) is 10.9. The fourth-order valence-electron chi connectivity index (χ4n) is 4.34. The molecule has 6 heteroatoms. The van der Waals surface area contributed by atoms with Crippen LogP contribution >= 0.6 is 15.9 Å². The highest BCUT2D eigenvalue weighted by molar-refractivity contribution is 9.10. The van der Waals surface area contributed by atoms with E-state index in [1.165, 1.54) is 0 Å². The summed E-state index contributed by atoms with van der Waals surface area (Å²) in [6, 6.07) is 21.9. The van der Waals surface area contributed by atoms with Gasteiger partial charge in [0.25, 0.3) is 0 Å². The van der Waals surface area contributed by atoms with E-state index >= 15 is 0 Å². The summed E-state index contributed by atoms with van der Waals surface area (Å²) < 4.78 is 6.75. The lowest BCUT2D eigenvalue weighted by atomic mass is 9.72. The first-order chi connectivity index (χ1) is 15.9. The molecule has 2 aromatic carbocycles. The molecule has 0 aliphatic rings. The summed E-state index contributed by atoms with van der Waals surface area (Å²) in [4.78, 5) is 11.2. The number of benzene rings is 2. The third-order valence-electron chi connectivity index (χ3n) is 5.99. The Kier molecular flexibility index (Phi) is 7.08. The molecule has 1 N–H and O–H groups in total. The fourth-order valence-corrected chi connectivity index (χ4v) is 4.72. The second-order valence-corrected chi connectivity index (χ2v) is 9.40. The number of aliphatic hydroxyl groups is 1. The van der Waals surface area contributed by atoms with Crippen molar-refractivity contribution in [2.24, 2.45) is 0 Å². The fraction of sp³-hybridized carbons (Fsp3) is 0.259. The average Bonchev–Trinajstić information content (AvgIpc) is 2.83. The molecule has 0 amide bonds. The molecule has 5 nitrogen and oxygen atoms in total. The predicted octanol–water partition coefficient (Wildman–Crippen LogP) is 5.37. The highest BCUT2D eigenvalue weighted by atomic mass is 79.9. The van der Waals surface area contributed by atoms with Crippen LogP contribution in [0.15, 0.2) is 83.6 Å². The van der Waals surface area contributed by atoms with Gasteiger partial charge in [0.15, 0.2) is 0 Å². The molecule has 0 fully saturated rings. The first-order valence-corrected chi connectivity index (χ1v) is 11.7. The second-order valence-electron chi connectivity index (χ2n) is 8.49. The van der Waals surface area contributed by atoms with Gasteiger partial charge in [-0.25, -0.2) is 4.98 Å². The summed E-state index contributed by atoms with van der Waals surface area (Å²) in [6.07, 6.45) is 3.98. The number of fused-ring (bicyclic) bond motifs is 1. The van der Waals surface area contributed by atoms with Crippen LogP contribution in [0.1, 0.15) is 29.0 Å². The molecule has 2 atom stereocenters. The largest absolute Gasteiger partial charge is 0.481 e. The summed E-state index contributed by atoms with van der Waals surface area (Å²) in [6.45, 7) is 0.698. The summed E-state index contributed by atoms with van der Waals surface area (Å²) in [7, 11) is 5.65. The maximum Gasteiger partial charge on any atom is 0.217 e. The van der Waals surface area contributed by atoms with Crippen molar-refractivity contribution in [3.05, 3.63) is 100 Å². The molecule has 0 radical (unpaired) electrons. The number of methoxy groups -OCH3 is 1. The second kappa shape index (κ2) is 10.00. The SMILES string of the molecule is COc1nc2ccc(Br)cc2cc1C(c1ccccc1)C(O)(CCN(C)C)c1cccnc1. The number of ether oxygens (including phenoxy) is 1. The molecule has 33 heavy (non-hydrogen) atoms. The Morgan fingerprint density at radius 3 is 2.52 bits per heavy atom. The van der Waals surface area contributed by atoms with Crippen LogP contribution in [-0.2, 0) is 5.60 Å². The van der Waals surface area contributed by atoms with Crippen molar-refractivity contribution >= 4 is 26.8 Å². The molecule has 170 valence electrons. The Labute approximate surface area is 203 Å². The van der Waals surface area contributed by atoms with E-state index < -0.39 is 11.5 Å². The van der Waals surface area contributed by atoms with Crippen LogP contribution in [0, 0.1) is 0 Å². The number of hydrogen-bond donors (Lipinski definition) is 1. The molecule has 2 heterocycles. The maximum atomic E-state index is 12.5. The number of aromatic nitrogens is 2. The van der Waals surface area contributed by atoms with E-state index in [1.807, 2.05) is 74.8 Å². The van der Waals surface area contributed by atoms with Gasteiger partial charge in [-0.1, -0.05) is 52.3 Å². The van der Waals surface area contributed by atoms with Gasteiger partial charge in [-0.3, -0.25) is 4.98 Å². The molecule has 2 aromatic heterocycles. The molecular formula is C27H28BrN3O2. The van der Waals surface area contributed by atoms with E-state index in [4.69, 9.17) is 9.72 Å². The van der Waals surface area contributed by atoms with Crippen LogP contribution in [0.5, 0.6) is 5.88 Å². The molecule has 0 saturated heterocycles. The van der Waals surface area contributed by atoms with Gasteiger partial charge in [-0.2, -0.15) is 0 Å². The minimum Gasteiger partial charge on any atom is -0.481 e. The highest BCUT2D eigenvalue weighted by Gasteiger charge is 2.42. The van der Waals surface area contributed by atoms with Crippen molar-refractivity contribution in [3.8, 4) is 5.88 Å². The van der Waals surface area contributed by atoms with E-state index in [1.54, 1.807) is 19.5 Å². The lowest BCUT2D eigenvalue weighted by Crippen LogP contribution is -2.38. The number of rotatable bonds is 8. The molecule has 0 spiro atoms. The van der Waals surface area contributed by atoms with E-state index in [0.29, 0.717) is 18.8 Å². The van der Waals surface area contributed by atoms with Gasteiger partial charge in [-0.15, -0.1) is 0 Å². The van der Waals surface area contributed by atoms with Crippen LogP contribution in [0.25, 0.3) is 10.9 Å². The quantitative estimate of drug-likeness (QED) is 0.348. The molecule has 4 rings (SSSR count). The normalized spacial score (nSPS) is 14.2. The molecule has 0 aliphatic carbocycles. The molecule has 0 aliphatic heterocycles. The standard InChI is InChI=1S/C27H28BrN3O2/c1-31(2)15-13-27(32,21-10-7-14-29-18-21)25(19-8-5-4-6-9-19)23-17-20-16-22(28)11-12-24(20)30-26(23)33-3/h4-12,14,16-18,25,32H,13,15H2,1-3H3. The van der Waals surface area contributed by atoms with Crippen molar-refractivity contribution in [3.63, 3.8) is 0 Å². The van der Waals surface area contributed by atoms with Crippen molar-refractivity contribution in [2.75, 3.05) is 27.7 Å². The van der Waals surface area contributed by atoms with Gasteiger partial charge in [0.05, 0.1) is 12.6 Å². The Morgan fingerprint density at radius 1 is 1.06 bits per heavy atom. The minimum atomic E-state index is -1.24. The highest BCUT2D eigenvalue weighted by Crippen LogP contribution is 2.47. The van der Waals surface area contributed by atoms with Crippen LogP contribution in [0.3, 0.4) is 0 Å².